The molecule has 6 nitrogen and oxygen atoms in total. The first-order valence-electron chi connectivity index (χ1n) is 7.76. The van der Waals surface area contributed by atoms with Gasteiger partial charge < -0.3 is 20.6 Å². The molecule has 0 spiro atoms. The van der Waals surface area contributed by atoms with Gasteiger partial charge in [0, 0.05) is 19.7 Å². The molecule has 0 unspecified atom stereocenters. The number of carbonyl (C=O) groups is 1. The highest BCUT2D eigenvalue weighted by atomic mass is 16.5. The highest BCUT2D eigenvalue weighted by molar-refractivity contribution is 6.06. The number of rotatable bonds is 10. The lowest BCUT2D eigenvalue weighted by Gasteiger charge is -2.39. The van der Waals surface area contributed by atoms with Gasteiger partial charge in [-0.1, -0.05) is 32.9 Å². The monoisotopic (exact) mass is 301 g/mol. The van der Waals surface area contributed by atoms with E-state index in [0.29, 0.717) is 26.0 Å². The van der Waals surface area contributed by atoms with E-state index in [0.717, 1.165) is 12.8 Å². The number of amidine groups is 1. The Kier molecular flexibility index (Phi) is 9.01. The van der Waals surface area contributed by atoms with E-state index in [2.05, 4.69) is 19.0 Å². The molecule has 0 aliphatic carbocycles. The van der Waals surface area contributed by atoms with E-state index in [-0.39, 0.29) is 17.8 Å². The maximum Gasteiger partial charge on any atom is 0.236 e. The van der Waals surface area contributed by atoms with Gasteiger partial charge in [-0.25, -0.2) is 0 Å². The van der Waals surface area contributed by atoms with Crippen molar-refractivity contribution >= 4 is 11.7 Å². The minimum absolute atomic E-state index is 0.00845. The second kappa shape index (κ2) is 9.60. The zero-order chi connectivity index (χ0) is 16.5. The molecule has 0 bridgehead atoms. The Balaban J connectivity index is 5.58. The maximum atomic E-state index is 13.1. The van der Waals surface area contributed by atoms with Crippen molar-refractivity contribution in [2.24, 2.45) is 16.3 Å². The van der Waals surface area contributed by atoms with E-state index in [1.807, 2.05) is 18.7 Å². The molecule has 21 heavy (non-hydrogen) atoms. The number of oxime groups is 1. The van der Waals surface area contributed by atoms with E-state index in [9.17, 15) is 4.79 Å². The molecule has 0 saturated heterocycles. The van der Waals surface area contributed by atoms with E-state index in [1.54, 1.807) is 7.11 Å². The second-order valence-electron chi connectivity index (χ2n) is 5.24. The molecule has 124 valence electrons. The molecule has 3 N–H and O–H groups in total. The van der Waals surface area contributed by atoms with Crippen molar-refractivity contribution in [3.63, 3.8) is 0 Å². The van der Waals surface area contributed by atoms with Gasteiger partial charge in [0.05, 0.1) is 6.61 Å². The summed E-state index contributed by atoms with van der Waals surface area (Å²) in [7, 11) is 1.62. The lowest BCUT2D eigenvalue weighted by molar-refractivity contribution is -0.142. The Morgan fingerprint density at radius 2 is 1.81 bits per heavy atom. The van der Waals surface area contributed by atoms with Crippen LogP contribution >= 0.6 is 0 Å². The first kappa shape index (κ1) is 19.7. The van der Waals surface area contributed by atoms with Crippen LogP contribution in [0.3, 0.4) is 0 Å². The van der Waals surface area contributed by atoms with Crippen LogP contribution in [-0.4, -0.2) is 48.2 Å². The molecule has 1 amide bonds. The summed E-state index contributed by atoms with van der Waals surface area (Å²) >= 11 is 0. The number of nitrogens with two attached hydrogens (primary N) is 1. The number of amides is 1. The third kappa shape index (κ3) is 4.33. The molecule has 0 aromatic rings. The number of carbonyl (C=O) groups excluding carboxylic acids is 1. The van der Waals surface area contributed by atoms with Crippen LogP contribution in [0.4, 0.5) is 0 Å². The number of ether oxygens (including phenoxy) is 1. The van der Waals surface area contributed by atoms with Gasteiger partial charge in [-0.3, -0.25) is 4.79 Å². The molecule has 0 heterocycles. The molecule has 0 rings (SSSR count). The fraction of sp³-hybridized carbons (Fsp3) is 0.867. The lowest BCUT2D eigenvalue weighted by atomic mass is 9.79. The first-order valence-corrected chi connectivity index (χ1v) is 7.76. The number of hydrogen-bond acceptors (Lipinski definition) is 4. The minimum Gasteiger partial charge on any atom is -0.409 e. The SMILES string of the molecule is CCC(CC)N(CCOC)C(=O)C(CC)(CC)C(N)=NO. The average molecular weight is 301 g/mol. The van der Waals surface area contributed by atoms with Crippen LogP contribution in [0.5, 0.6) is 0 Å². The van der Waals surface area contributed by atoms with Gasteiger partial charge in [0.2, 0.25) is 5.91 Å². The van der Waals surface area contributed by atoms with Crippen LogP contribution in [0.25, 0.3) is 0 Å². The van der Waals surface area contributed by atoms with Crippen molar-refractivity contribution < 1.29 is 14.7 Å². The van der Waals surface area contributed by atoms with Gasteiger partial charge in [-0.2, -0.15) is 0 Å². The minimum atomic E-state index is -0.939. The molecule has 0 aromatic heterocycles. The van der Waals surface area contributed by atoms with E-state index in [1.165, 1.54) is 0 Å². The normalized spacial score (nSPS) is 12.8. The van der Waals surface area contributed by atoms with Crippen molar-refractivity contribution in [3.05, 3.63) is 0 Å². The molecule has 0 fully saturated rings. The predicted molar refractivity (Wildman–Crippen MR) is 84.4 cm³/mol. The largest absolute Gasteiger partial charge is 0.409 e. The quantitative estimate of drug-likeness (QED) is 0.280. The predicted octanol–water partition coefficient (Wildman–Crippen LogP) is 2.20. The summed E-state index contributed by atoms with van der Waals surface area (Å²) in [4.78, 5) is 14.9. The van der Waals surface area contributed by atoms with Crippen LogP contribution in [0.1, 0.15) is 53.4 Å². The number of methoxy groups -OCH3 is 1. The van der Waals surface area contributed by atoms with Gasteiger partial charge in [0.15, 0.2) is 5.84 Å². The van der Waals surface area contributed by atoms with Crippen LogP contribution in [-0.2, 0) is 9.53 Å². The first-order chi connectivity index (χ1) is 9.98. The highest BCUT2D eigenvalue weighted by Crippen LogP contribution is 2.31. The second-order valence-corrected chi connectivity index (χ2v) is 5.24. The molecule has 0 saturated carbocycles. The summed E-state index contributed by atoms with van der Waals surface area (Å²) in [6.07, 6.45) is 2.74. The zero-order valence-electron chi connectivity index (χ0n) is 14.1. The Hall–Kier alpha value is -1.30. The van der Waals surface area contributed by atoms with Crippen molar-refractivity contribution in [2.75, 3.05) is 20.3 Å². The summed E-state index contributed by atoms with van der Waals surface area (Å²) in [5.41, 5.74) is 4.91. The Bertz CT molecular complexity index is 337. The topological polar surface area (TPSA) is 88.2 Å². The fourth-order valence-corrected chi connectivity index (χ4v) is 2.76. The molecule has 0 atom stereocenters. The van der Waals surface area contributed by atoms with Crippen LogP contribution in [0, 0.1) is 5.41 Å². The van der Waals surface area contributed by atoms with Gasteiger partial charge in [0.1, 0.15) is 5.41 Å². The standard InChI is InChI=1S/C15H31N3O3/c1-6-12(7-2)18(10-11-21-5)14(19)15(8-3,9-4)13(16)17-20/h12,20H,6-11H2,1-5H3,(H2,16,17). The summed E-state index contributed by atoms with van der Waals surface area (Å²) in [5.74, 6) is -0.0839. The fourth-order valence-electron chi connectivity index (χ4n) is 2.76. The molecule has 0 radical (unpaired) electrons. The summed E-state index contributed by atoms with van der Waals surface area (Å²) < 4.78 is 5.12. The van der Waals surface area contributed by atoms with Gasteiger partial charge in [-0.05, 0) is 25.7 Å². The Labute approximate surface area is 128 Å². The Morgan fingerprint density at radius 1 is 1.29 bits per heavy atom. The van der Waals surface area contributed by atoms with Crippen LogP contribution in [0.2, 0.25) is 0 Å². The van der Waals surface area contributed by atoms with Gasteiger partial charge in [0.25, 0.3) is 0 Å². The smallest absolute Gasteiger partial charge is 0.236 e. The average Bonchev–Trinajstić information content (AvgIpc) is 2.52. The van der Waals surface area contributed by atoms with E-state index in [4.69, 9.17) is 15.7 Å². The van der Waals surface area contributed by atoms with Crippen LogP contribution < -0.4 is 5.73 Å². The molecule has 6 heteroatoms. The Morgan fingerprint density at radius 3 is 2.14 bits per heavy atom. The number of hydrogen-bond donors (Lipinski definition) is 2. The summed E-state index contributed by atoms with van der Waals surface area (Å²) in [6, 6.07) is 0.136. The van der Waals surface area contributed by atoms with Crippen molar-refractivity contribution in [3.8, 4) is 0 Å². The molecule has 0 aliphatic heterocycles. The van der Waals surface area contributed by atoms with Crippen molar-refractivity contribution in [1.82, 2.24) is 4.90 Å². The number of nitrogens with zero attached hydrogens (tertiary/aromatic N) is 2. The van der Waals surface area contributed by atoms with Gasteiger partial charge in [-0.15, -0.1) is 0 Å². The molecule has 0 aliphatic rings. The molecule has 0 aromatic carbocycles. The molecular weight excluding hydrogens is 270 g/mol. The summed E-state index contributed by atoms with van der Waals surface area (Å²) in [6.45, 7) is 8.89. The summed E-state index contributed by atoms with van der Waals surface area (Å²) in [5, 5.41) is 12.2. The van der Waals surface area contributed by atoms with Crippen molar-refractivity contribution in [1.29, 1.82) is 0 Å². The van der Waals surface area contributed by atoms with Crippen molar-refractivity contribution in [2.45, 2.75) is 59.4 Å². The zero-order valence-corrected chi connectivity index (χ0v) is 14.1. The maximum absolute atomic E-state index is 13.1. The lowest BCUT2D eigenvalue weighted by Crippen LogP contribution is -2.54. The van der Waals surface area contributed by atoms with E-state index < -0.39 is 5.41 Å². The molecular formula is C15H31N3O3. The third-order valence-electron chi connectivity index (χ3n) is 4.39. The van der Waals surface area contributed by atoms with Crippen LogP contribution in [0.15, 0.2) is 5.16 Å². The highest BCUT2D eigenvalue weighted by Gasteiger charge is 2.43. The van der Waals surface area contributed by atoms with E-state index >= 15 is 0 Å². The van der Waals surface area contributed by atoms with Gasteiger partial charge >= 0.3 is 0 Å². The third-order valence-corrected chi connectivity index (χ3v) is 4.39.